The average Bonchev–Trinajstić information content (AvgIpc) is 2.71. The van der Waals surface area contributed by atoms with Gasteiger partial charge < -0.3 is 20.1 Å². The second-order valence-electron chi connectivity index (χ2n) is 6.74. The van der Waals surface area contributed by atoms with Crippen molar-refractivity contribution < 1.29 is 23.5 Å². The summed E-state index contributed by atoms with van der Waals surface area (Å²) >= 11 is 3.17. The lowest BCUT2D eigenvalue weighted by atomic mass is 10.2. The summed E-state index contributed by atoms with van der Waals surface area (Å²) in [6.07, 6.45) is 0.122. The van der Waals surface area contributed by atoms with Gasteiger partial charge in [-0.3, -0.25) is 14.5 Å². The van der Waals surface area contributed by atoms with E-state index in [1.165, 1.54) is 12.1 Å². The van der Waals surface area contributed by atoms with Gasteiger partial charge in [-0.15, -0.1) is 0 Å². The summed E-state index contributed by atoms with van der Waals surface area (Å²) in [5.41, 5.74) is 0.711. The molecule has 31 heavy (non-hydrogen) atoms. The highest BCUT2D eigenvalue weighted by molar-refractivity contribution is 9.10. The fourth-order valence-electron chi connectivity index (χ4n) is 2.75. The number of benzene rings is 2. The predicted octanol–water partition coefficient (Wildman–Crippen LogP) is 4.28. The van der Waals surface area contributed by atoms with Crippen molar-refractivity contribution in [1.29, 1.82) is 0 Å². The van der Waals surface area contributed by atoms with Crippen LogP contribution in [0.25, 0.3) is 0 Å². The lowest BCUT2D eigenvalue weighted by Gasteiger charge is -2.17. The van der Waals surface area contributed by atoms with Crippen molar-refractivity contribution in [1.82, 2.24) is 4.90 Å². The van der Waals surface area contributed by atoms with Crippen LogP contribution in [0.1, 0.15) is 20.3 Å². The maximum atomic E-state index is 13.8. The Hall–Kier alpha value is -2.65. The van der Waals surface area contributed by atoms with Crippen LogP contribution in [0.4, 0.5) is 15.8 Å². The number of amides is 2. The summed E-state index contributed by atoms with van der Waals surface area (Å²) in [5.74, 6) is 0.104. The van der Waals surface area contributed by atoms with Gasteiger partial charge in [0.25, 0.3) is 0 Å². The summed E-state index contributed by atoms with van der Waals surface area (Å²) in [6, 6.07) is 9.62. The molecule has 0 atom stereocenters. The Balaban J connectivity index is 1.82. The number of nitrogens with zero attached hydrogens (tertiary/aromatic N) is 1. The van der Waals surface area contributed by atoms with Crippen LogP contribution in [0.5, 0.6) is 11.5 Å². The van der Waals surface area contributed by atoms with Crippen molar-refractivity contribution in [2.45, 2.75) is 20.3 Å². The number of nitrogens with one attached hydrogen (secondary N) is 2. The van der Waals surface area contributed by atoms with Gasteiger partial charge >= 0.3 is 0 Å². The van der Waals surface area contributed by atoms with Gasteiger partial charge in [-0.05, 0) is 51.2 Å². The molecule has 0 radical (unpaired) electrons. The molecule has 0 aromatic heterocycles. The lowest BCUT2D eigenvalue weighted by molar-refractivity contribution is -0.119. The molecule has 0 bridgehead atoms. The van der Waals surface area contributed by atoms with Crippen LogP contribution in [0.3, 0.4) is 0 Å². The molecule has 9 heteroatoms. The molecular weight excluding hydrogens is 469 g/mol. The largest absolute Gasteiger partial charge is 0.490 e. The number of halogens is 2. The topological polar surface area (TPSA) is 79.9 Å². The van der Waals surface area contributed by atoms with Crippen molar-refractivity contribution >= 4 is 39.1 Å². The molecule has 0 heterocycles. The predicted molar refractivity (Wildman–Crippen MR) is 122 cm³/mol. The van der Waals surface area contributed by atoms with Crippen LogP contribution in [0, 0.1) is 5.82 Å². The van der Waals surface area contributed by atoms with E-state index in [2.05, 4.69) is 26.6 Å². The molecule has 2 N–H and O–H groups in total. The molecule has 7 nitrogen and oxygen atoms in total. The molecular formula is C22H27BrFN3O4. The third-order valence-electron chi connectivity index (χ3n) is 4.17. The number of ether oxygens (including phenoxy) is 2. The van der Waals surface area contributed by atoms with E-state index < -0.39 is 5.82 Å². The zero-order chi connectivity index (χ0) is 22.8. The van der Waals surface area contributed by atoms with E-state index in [1.807, 2.05) is 13.8 Å². The van der Waals surface area contributed by atoms with Crippen molar-refractivity contribution in [3.8, 4) is 11.5 Å². The summed E-state index contributed by atoms with van der Waals surface area (Å²) in [6.45, 7) is 5.18. The summed E-state index contributed by atoms with van der Waals surface area (Å²) < 4.78 is 25.5. The zero-order valence-electron chi connectivity index (χ0n) is 17.8. The minimum absolute atomic E-state index is 0.0943. The Bertz CT molecular complexity index is 910. The van der Waals surface area contributed by atoms with E-state index >= 15 is 0 Å². The standard InChI is InChI=1S/C22H27BrFN3O4/c1-4-30-19-9-7-16(13-20(19)31-5-2)25-22(29)14-27(3)11-10-21(28)26-18-8-6-15(23)12-17(18)24/h6-9,12-13H,4-5,10-11,14H2,1-3H3,(H,25,29)(H,26,28). The summed E-state index contributed by atoms with van der Waals surface area (Å²) in [5, 5.41) is 5.34. The number of rotatable bonds is 11. The van der Waals surface area contributed by atoms with E-state index in [9.17, 15) is 14.0 Å². The molecule has 0 aliphatic rings. The van der Waals surface area contributed by atoms with E-state index in [4.69, 9.17) is 9.47 Å². The molecule has 0 spiro atoms. The van der Waals surface area contributed by atoms with Crippen molar-refractivity contribution in [3.63, 3.8) is 0 Å². The van der Waals surface area contributed by atoms with Crippen LogP contribution in [0.2, 0.25) is 0 Å². The monoisotopic (exact) mass is 495 g/mol. The summed E-state index contributed by atoms with van der Waals surface area (Å²) in [7, 11) is 1.73. The van der Waals surface area contributed by atoms with E-state index in [0.717, 1.165) is 0 Å². The van der Waals surface area contributed by atoms with Crippen LogP contribution < -0.4 is 20.1 Å². The number of anilines is 2. The Labute approximate surface area is 190 Å². The molecule has 0 aliphatic heterocycles. The second kappa shape index (κ2) is 12.3. The molecule has 0 unspecified atom stereocenters. The fraction of sp³-hybridized carbons (Fsp3) is 0.364. The van der Waals surface area contributed by atoms with Gasteiger partial charge in [0.1, 0.15) is 5.82 Å². The van der Waals surface area contributed by atoms with Gasteiger partial charge in [-0.2, -0.15) is 0 Å². The minimum atomic E-state index is -0.516. The van der Waals surface area contributed by atoms with E-state index in [1.54, 1.807) is 36.2 Å². The van der Waals surface area contributed by atoms with Gasteiger partial charge in [-0.1, -0.05) is 15.9 Å². The normalized spacial score (nSPS) is 10.6. The first kappa shape index (κ1) is 24.6. The third kappa shape index (κ3) is 8.18. The highest BCUT2D eigenvalue weighted by Crippen LogP contribution is 2.30. The molecule has 0 saturated heterocycles. The first-order valence-corrected chi connectivity index (χ1v) is 10.7. The van der Waals surface area contributed by atoms with E-state index in [-0.39, 0.29) is 30.5 Å². The molecule has 0 saturated carbocycles. The first-order valence-electron chi connectivity index (χ1n) is 9.95. The van der Waals surface area contributed by atoms with Crippen LogP contribution >= 0.6 is 15.9 Å². The molecule has 2 aromatic carbocycles. The maximum Gasteiger partial charge on any atom is 0.238 e. The lowest BCUT2D eigenvalue weighted by Crippen LogP contribution is -2.32. The Morgan fingerprint density at radius 3 is 2.39 bits per heavy atom. The minimum Gasteiger partial charge on any atom is -0.490 e. The van der Waals surface area contributed by atoms with Crippen molar-refractivity contribution in [3.05, 3.63) is 46.7 Å². The highest BCUT2D eigenvalue weighted by atomic mass is 79.9. The van der Waals surface area contributed by atoms with Crippen LogP contribution in [-0.4, -0.2) is 50.1 Å². The quantitative estimate of drug-likeness (QED) is 0.486. The van der Waals surface area contributed by atoms with Crippen molar-refractivity contribution in [2.24, 2.45) is 0 Å². The maximum absolute atomic E-state index is 13.8. The number of hydrogen-bond donors (Lipinski definition) is 2. The average molecular weight is 496 g/mol. The van der Waals surface area contributed by atoms with Crippen LogP contribution in [-0.2, 0) is 9.59 Å². The molecule has 168 valence electrons. The Morgan fingerprint density at radius 2 is 1.71 bits per heavy atom. The van der Waals surface area contributed by atoms with Crippen molar-refractivity contribution in [2.75, 3.05) is 44.0 Å². The smallest absolute Gasteiger partial charge is 0.238 e. The zero-order valence-corrected chi connectivity index (χ0v) is 19.4. The van der Waals surface area contributed by atoms with Gasteiger partial charge in [0, 0.05) is 29.2 Å². The fourth-order valence-corrected chi connectivity index (χ4v) is 3.08. The molecule has 0 aliphatic carbocycles. The molecule has 2 rings (SSSR count). The molecule has 2 amide bonds. The SMILES string of the molecule is CCOc1ccc(NC(=O)CN(C)CCC(=O)Nc2ccc(Br)cc2F)cc1OCC. The third-order valence-corrected chi connectivity index (χ3v) is 4.66. The number of hydrogen-bond acceptors (Lipinski definition) is 5. The number of likely N-dealkylation sites (N-methyl/N-ethyl adjacent to an activating group) is 1. The number of carbonyl (C=O) groups is 2. The summed E-state index contributed by atoms with van der Waals surface area (Å²) in [4.78, 5) is 26.1. The van der Waals surface area contributed by atoms with Crippen LogP contribution in [0.15, 0.2) is 40.9 Å². The highest BCUT2D eigenvalue weighted by Gasteiger charge is 2.13. The molecule has 0 fully saturated rings. The Morgan fingerprint density at radius 1 is 1.00 bits per heavy atom. The second-order valence-corrected chi connectivity index (χ2v) is 7.65. The van der Waals surface area contributed by atoms with E-state index in [0.29, 0.717) is 41.4 Å². The first-order chi connectivity index (χ1) is 14.8. The Kier molecular flexibility index (Phi) is 9.74. The molecule has 2 aromatic rings. The number of carbonyl (C=O) groups excluding carboxylic acids is 2. The van der Waals surface area contributed by atoms with Gasteiger partial charge in [0.05, 0.1) is 25.4 Å². The van der Waals surface area contributed by atoms with Gasteiger partial charge in [-0.25, -0.2) is 4.39 Å². The van der Waals surface area contributed by atoms with Gasteiger partial charge in [0.2, 0.25) is 11.8 Å². The van der Waals surface area contributed by atoms with Gasteiger partial charge in [0.15, 0.2) is 11.5 Å².